The molecule has 1 aromatic heterocycles. The highest BCUT2D eigenvalue weighted by Crippen LogP contribution is 2.35. The molecule has 0 aliphatic carbocycles. The minimum absolute atomic E-state index is 0.285. The largest absolute Gasteiger partial charge is 0.444 e. The first kappa shape index (κ1) is 31.0. The van der Waals surface area contributed by atoms with E-state index in [4.69, 9.17) is 27.2 Å². The molecule has 2 aliphatic rings. The molecule has 5 rings (SSSR count). The molecule has 8 nitrogen and oxygen atoms in total. The molecule has 2 aromatic carbocycles. The van der Waals surface area contributed by atoms with Crippen LogP contribution in [0.2, 0.25) is 5.02 Å². The number of carbonyl (C=O) groups is 1. The summed E-state index contributed by atoms with van der Waals surface area (Å²) in [6.45, 7) is 11.2. The van der Waals surface area contributed by atoms with Crippen molar-refractivity contribution in [1.82, 2.24) is 19.6 Å². The number of carbonyl (C=O) groups excluding carboxylic acids is 1. The monoisotopic (exact) mass is 618 g/mol. The van der Waals surface area contributed by atoms with Crippen LogP contribution in [0.25, 0.3) is 11.3 Å². The standard InChI is InChI=1S/C31H38ClF3N6O2/c1-30(2,3)43-29(42)40-15-12-26-23(20-40)27(21-8-10-22(11-9-21)31(33,34)35)37-41(26)14-5-13-38-16-18-39(19-17-38)28-24(32)6-4-7-25(28)36/h4,6-11H,5,12-20,36H2,1-3H3. The first-order valence-electron chi connectivity index (χ1n) is 14.6. The number of alkyl halides is 3. The number of halogens is 4. The molecule has 1 saturated heterocycles. The van der Waals surface area contributed by atoms with Crippen LogP contribution in [-0.2, 0) is 30.4 Å². The van der Waals surface area contributed by atoms with Gasteiger partial charge in [0, 0.05) is 69.1 Å². The van der Waals surface area contributed by atoms with Gasteiger partial charge < -0.3 is 20.3 Å². The molecule has 232 valence electrons. The number of nitrogen functional groups attached to an aromatic ring is 1. The Labute approximate surface area is 255 Å². The molecule has 12 heteroatoms. The summed E-state index contributed by atoms with van der Waals surface area (Å²) in [6.07, 6.45) is -3.40. The van der Waals surface area contributed by atoms with Crippen molar-refractivity contribution in [3.8, 4) is 11.3 Å². The van der Waals surface area contributed by atoms with E-state index in [2.05, 4.69) is 9.80 Å². The van der Waals surface area contributed by atoms with E-state index in [1.54, 1.807) is 4.90 Å². The van der Waals surface area contributed by atoms with Gasteiger partial charge in [-0.1, -0.05) is 29.8 Å². The van der Waals surface area contributed by atoms with Gasteiger partial charge in [0.15, 0.2) is 0 Å². The number of nitrogens with zero attached hydrogens (tertiary/aromatic N) is 5. The summed E-state index contributed by atoms with van der Waals surface area (Å²) in [7, 11) is 0. The molecule has 0 spiro atoms. The molecule has 43 heavy (non-hydrogen) atoms. The number of rotatable bonds is 6. The summed E-state index contributed by atoms with van der Waals surface area (Å²) in [4.78, 5) is 19.1. The van der Waals surface area contributed by atoms with E-state index in [1.165, 1.54) is 12.1 Å². The topological polar surface area (TPSA) is 79.9 Å². The molecule has 0 bridgehead atoms. The zero-order chi connectivity index (χ0) is 30.9. The first-order chi connectivity index (χ1) is 20.3. The van der Waals surface area contributed by atoms with E-state index < -0.39 is 23.4 Å². The number of amides is 1. The molecule has 1 amide bonds. The van der Waals surface area contributed by atoms with Crippen LogP contribution in [-0.4, -0.2) is 70.5 Å². The second kappa shape index (κ2) is 12.3. The predicted molar refractivity (Wildman–Crippen MR) is 162 cm³/mol. The van der Waals surface area contributed by atoms with E-state index >= 15 is 0 Å². The second-order valence-corrected chi connectivity index (χ2v) is 12.5. The molecule has 0 atom stereocenters. The number of aromatic nitrogens is 2. The molecule has 0 unspecified atom stereocenters. The van der Waals surface area contributed by atoms with Crippen molar-refractivity contribution in [3.05, 3.63) is 64.3 Å². The van der Waals surface area contributed by atoms with E-state index in [1.807, 2.05) is 43.7 Å². The van der Waals surface area contributed by atoms with E-state index in [-0.39, 0.29) is 6.54 Å². The summed E-state index contributed by atoms with van der Waals surface area (Å²) in [6, 6.07) is 10.6. The van der Waals surface area contributed by atoms with Gasteiger partial charge in [0.05, 0.1) is 34.2 Å². The number of anilines is 2. The molecule has 2 N–H and O–H groups in total. The van der Waals surface area contributed by atoms with Gasteiger partial charge in [-0.15, -0.1) is 0 Å². The average molecular weight is 619 g/mol. The van der Waals surface area contributed by atoms with Crippen LogP contribution in [0.4, 0.5) is 29.3 Å². The Balaban J connectivity index is 1.28. The molecule has 1 fully saturated rings. The zero-order valence-corrected chi connectivity index (χ0v) is 25.5. The quantitative estimate of drug-likeness (QED) is 0.326. The van der Waals surface area contributed by atoms with Crippen molar-refractivity contribution in [2.24, 2.45) is 0 Å². The van der Waals surface area contributed by atoms with Gasteiger partial charge in [0.1, 0.15) is 5.60 Å². The minimum Gasteiger partial charge on any atom is -0.444 e. The maximum Gasteiger partial charge on any atom is 0.416 e. The zero-order valence-electron chi connectivity index (χ0n) is 24.8. The van der Waals surface area contributed by atoms with Gasteiger partial charge in [0.2, 0.25) is 0 Å². The molecule has 3 aromatic rings. The number of fused-ring (bicyclic) bond motifs is 1. The predicted octanol–water partition coefficient (Wildman–Crippen LogP) is 6.31. The van der Waals surface area contributed by atoms with Gasteiger partial charge in [-0.25, -0.2) is 4.79 Å². The van der Waals surface area contributed by atoms with Gasteiger partial charge in [-0.2, -0.15) is 18.3 Å². The van der Waals surface area contributed by atoms with Crippen molar-refractivity contribution in [3.63, 3.8) is 0 Å². The maximum atomic E-state index is 13.2. The van der Waals surface area contributed by atoms with Gasteiger partial charge in [-0.05, 0) is 51.5 Å². The first-order valence-corrected chi connectivity index (χ1v) is 14.9. The number of hydrogen-bond donors (Lipinski definition) is 1. The van der Waals surface area contributed by atoms with Crippen LogP contribution in [0, 0.1) is 0 Å². The van der Waals surface area contributed by atoms with Crippen LogP contribution >= 0.6 is 11.6 Å². The smallest absolute Gasteiger partial charge is 0.416 e. The molecule has 0 saturated carbocycles. The Bertz CT molecular complexity index is 1420. The van der Waals surface area contributed by atoms with Gasteiger partial charge in [-0.3, -0.25) is 9.58 Å². The summed E-state index contributed by atoms with van der Waals surface area (Å²) < 4.78 is 47.2. The number of nitrogens with two attached hydrogens (primary N) is 1. The molecule has 2 aliphatic heterocycles. The van der Waals surface area contributed by atoms with E-state index in [0.717, 1.165) is 68.2 Å². The van der Waals surface area contributed by atoms with Crippen LogP contribution < -0.4 is 10.6 Å². The van der Waals surface area contributed by atoms with E-state index in [0.29, 0.717) is 41.5 Å². The highest BCUT2D eigenvalue weighted by atomic mass is 35.5. The molecule has 3 heterocycles. The minimum atomic E-state index is -4.42. The van der Waals surface area contributed by atoms with Crippen molar-refractivity contribution in [2.75, 3.05) is 49.9 Å². The lowest BCUT2D eigenvalue weighted by Gasteiger charge is -2.37. The van der Waals surface area contributed by atoms with Crippen LogP contribution in [0.15, 0.2) is 42.5 Å². The molecule has 0 radical (unpaired) electrons. The van der Waals surface area contributed by atoms with Crippen LogP contribution in [0.1, 0.15) is 44.0 Å². The number of para-hydroxylation sites is 1. The Morgan fingerprint density at radius 3 is 2.33 bits per heavy atom. The van der Waals surface area contributed by atoms with Crippen molar-refractivity contribution >= 4 is 29.1 Å². The van der Waals surface area contributed by atoms with Crippen LogP contribution in [0.5, 0.6) is 0 Å². The highest BCUT2D eigenvalue weighted by molar-refractivity contribution is 6.34. The van der Waals surface area contributed by atoms with Gasteiger partial charge in [0.25, 0.3) is 0 Å². The Hall–Kier alpha value is -3.44. The SMILES string of the molecule is CC(C)(C)OC(=O)N1CCc2c(c(-c3ccc(C(F)(F)F)cc3)nn2CCCN2CCN(c3c(N)cccc3Cl)CC2)C1. The average Bonchev–Trinajstić information content (AvgIpc) is 3.30. The normalized spacial score (nSPS) is 16.3. The third kappa shape index (κ3) is 7.21. The summed E-state index contributed by atoms with van der Waals surface area (Å²) in [5.41, 5.74) is 9.45. The van der Waals surface area contributed by atoms with E-state index in [9.17, 15) is 18.0 Å². The summed E-state index contributed by atoms with van der Waals surface area (Å²) >= 11 is 6.41. The maximum absolute atomic E-state index is 13.2. The lowest BCUT2D eigenvalue weighted by Crippen LogP contribution is -2.47. The van der Waals surface area contributed by atoms with Gasteiger partial charge >= 0.3 is 12.3 Å². The second-order valence-electron chi connectivity index (χ2n) is 12.1. The Kier molecular flexibility index (Phi) is 8.85. The van der Waals surface area contributed by atoms with Crippen molar-refractivity contribution < 1.29 is 22.7 Å². The summed E-state index contributed by atoms with van der Waals surface area (Å²) in [5, 5.41) is 5.54. The van der Waals surface area contributed by atoms with Crippen molar-refractivity contribution in [2.45, 2.75) is 58.5 Å². The number of benzene rings is 2. The summed E-state index contributed by atoms with van der Waals surface area (Å²) in [5.74, 6) is 0. The third-order valence-electron chi connectivity index (χ3n) is 7.82. The number of piperazine rings is 1. The van der Waals surface area contributed by atoms with Crippen LogP contribution in [0.3, 0.4) is 0 Å². The number of aryl methyl sites for hydroxylation is 1. The van der Waals surface area contributed by atoms with Crippen molar-refractivity contribution in [1.29, 1.82) is 0 Å². The fourth-order valence-corrected chi connectivity index (χ4v) is 6.01. The lowest BCUT2D eigenvalue weighted by molar-refractivity contribution is -0.137. The highest BCUT2D eigenvalue weighted by Gasteiger charge is 2.33. The fourth-order valence-electron chi connectivity index (χ4n) is 5.71. The number of hydrogen-bond acceptors (Lipinski definition) is 6. The Morgan fingerprint density at radius 2 is 1.70 bits per heavy atom. The molecular weight excluding hydrogens is 581 g/mol. The third-order valence-corrected chi connectivity index (χ3v) is 8.13. The Morgan fingerprint density at radius 1 is 1.00 bits per heavy atom. The fraction of sp³-hybridized carbons (Fsp3) is 0.484. The number of ether oxygens (including phenoxy) is 1. The lowest BCUT2D eigenvalue weighted by atomic mass is 10.00. The molecular formula is C31H38ClF3N6O2.